The molecular weight excluding hydrogens is 474 g/mol. The maximum Gasteiger partial charge on any atom is 0.280 e. The molecule has 1 aliphatic carbocycles. The first kappa shape index (κ1) is 26.5. The van der Waals surface area contributed by atoms with E-state index < -0.39 is 11.5 Å². The molecule has 3 N–H and O–H groups in total. The van der Waals surface area contributed by atoms with E-state index in [1.165, 1.54) is 24.2 Å². The first-order chi connectivity index (χ1) is 16.9. The number of nitrogens with zero attached hydrogens (tertiary/aromatic N) is 3. The van der Waals surface area contributed by atoms with Crippen LogP contribution in [0.4, 0.5) is 5.82 Å². The zero-order valence-corrected chi connectivity index (χ0v) is 23.1. The van der Waals surface area contributed by atoms with Crippen LogP contribution < -0.4 is 10.6 Å². The summed E-state index contributed by atoms with van der Waals surface area (Å²) in [5.74, 6) is 0.912. The van der Waals surface area contributed by atoms with Gasteiger partial charge in [-0.05, 0) is 91.2 Å². The summed E-state index contributed by atoms with van der Waals surface area (Å²) < 4.78 is 0. The maximum absolute atomic E-state index is 13.7. The first-order valence-electron chi connectivity index (χ1n) is 12.9. The van der Waals surface area contributed by atoms with Crippen LogP contribution in [0, 0.1) is 12.8 Å². The van der Waals surface area contributed by atoms with E-state index in [1.807, 2.05) is 17.9 Å². The quantitative estimate of drug-likeness (QED) is 0.475. The van der Waals surface area contributed by atoms with E-state index in [4.69, 9.17) is 0 Å². The molecule has 196 valence electrons. The summed E-state index contributed by atoms with van der Waals surface area (Å²) in [5, 5.41) is 16.5. The molecule has 36 heavy (non-hydrogen) atoms. The molecule has 1 aliphatic heterocycles. The second-order valence-corrected chi connectivity index (χ2v) is 12.5. The van der Waals surface area contributed by atoms with Crippen molar-refractivity contribution < 1.29 is 14.7 Å². The summed E-state index contributed by atoms with van der Waals surface area (Å²) in [6.07, 6.45) is 7.28. The number of likely N-dealkylation sites (tertiary alicyclic amines) is 1. The number of hydrogen-bond donors (Lipinski definition) is 3. The zero-order valence-electron chi connectivity index (χ0n) is 22.3. The van der Waals surface area contributed by atoms with Gasteiger partial charge in [-0.2, -0.15) is 0 Å². The average Bonchev–Trinajstić information content (AvgIpc) is 3.57. The fourth-order valence-corrected chi connectivity index (χ4v) is 5.80. The molecule has 2 aliphatic rings. The van der Waals surface area contributed by atoms with Crippen LogP contribution >= 0.6 is 11.3 Å². The van der Waals surface area contributed by atoms with Crippen molar-refractivity contribution in [1.29, 1.82) is 0 Å². The molecule has 0 radical (unpaired) electrons. The van der Waals surface area contributed by atoms with Crippen LogP contribution in [0.5, 0.6) is 0 Å². The fourth-order valence-electron chi connectivity index (χ4n) is 4.75. The second kappa shape index (κ2) is 10.1. The van der Waals surface area contributed by atoms with Gasteiger partial charge in [0.2, 0.25) is 0 Å². The van der Waals surface area contributed by atoms with E-state index in [0.717, 1.165) is 36.2 Å². The van der Waals surface area contributed by atoms with E-state index in [-0.39, 0.29) is 29.0 Å². The molecule has 0 unspecified atom stereocenters. The van der Waals surface area contributed by atoms with Crippen molar-refractivity contribution in [2.45, 2.75) is 90.8 Å². The summed E-state index contributed by atoms with van der Waals surface area (Å²) in [4.78, 5) is 38.3. The standard InChI is InChI=1S/C27H39N5O3S/c1-16-13-20(31-27(5,6)18-10-11-18)28-14-19(16)22-21(25(34)32-12-8-7-9-17(32)2)30-24(36-22)23(33)29-15-26(3,4)35/h13-14,17-18,35H,7-12,15H2,1-6H3,(H,28,31)(H,29,33)/t17-/m0/s1. The van der Waals surface area contributed by atoms with Crippen LogP contribution in [-0.2, 0) is 0 Å². The van der Waals surface area contributed by atoms with Gasteiger partial charge in [0, 0.05) is 36.4 Å². The number of anilines is 1. The van der Waals surface area contributed by atoms with Gasteiger partial charge in [-0.1, -0.05) is 0 Å². The van der Waals surface area contributed by atoms with Crippen molar-refractivity contribution in [1.82, 2.24) is 20.2 Å². The molecule has 1 saturated carbocycles. The number of amides is 2. The number of piperidine rings is 1. The highest BCUT2D eigenvalue weighted by atomic mass is 32.1. The minimum Gasteiger partial charge on any atom is -0.389 e. The Bertz CT molecular complexity index is 1130. The van der Waals surface area contributed by atoms with Crippen molar-refractivity contribution >= 4 is 29.0 Å². The summed E-state index contributed by atoms with van der Waals surface area (Å²) >= 11 is 1.20. The van der Waals surface area contributed by atoms with Gasteiger partial charge in [-0.25, -0.2) is 9.97 Å². The molecule has 9 heteroatoms. The van der Waals surface area contributed by atoms with Crippen molar-refractivity contribution in [3.05, 3.63) is 28.5 Å². The number of aromatic nitrogens is 2. The largest absolute Gasteiger partial charge is 0.389 e. The third-order valence-electron chi connectivity index (χ3n) is 7.17. The molecule has 1 saturated heterocycles. The third-order valence-corrected chi connectivity index (χ3v) is 8.26. The molecule has 2 fully saturated rings. The minimum atomic E-state index is -1.05. The molecule has 2 amide bonds. The molecule has 0 aromatic carbocycles. The number of carbonyl (C=O) groups excluding carboxylic acids is 2. The van der Waals surface area contributed by atoms with Crippen LogP contribution in [0.2, 0.25) is 0 Å². The summed E-state index contributed by atoms with van der Waals surface area (Å²) in [7, 11) is 0. The molecular formula is C27H39N5O3S. The number of pyridine rings is 1. The number of nitrogens with one attached hydrogen (secondary N) is 2. The van der Waals surface area contributed by atoms with Gasteiger partial charge < -0.3 is 20.6 Å². The van der Waals surface area contributed by atoms with Crippen LogP contribution in [0.15, 0.2) is 12.3 Å². The van der Waals surface area contributed by atoms with Crippen molar-refractivity contribution in [3.8, 4) is 10.4 Å². The number of aliphatic hydroxyl groups is 1. The second-order valence-electron chi connectivity index (χ2n) is 11.5. The Morgan fingerprint density at radius 1 is 1.19 bits per heavy atom. The Balaban J connectivity index is 1.67. The Hall–Kier alpha value is -2.52. The van der Waals surface area contributed by atoms with Crippen molar-refractivity contribution in [2.24, 2.45) is 5.92 Å². The average molecular weight is 514 g/mol. The lowest BCUT2D eigenvalue weighted by Gasteiger charge is -2.33. The summed E-state index contributed by atoms with van der Waals surface area (Å²) in [5.41, 5.74) is 0.993. The number of rotatable bonds is 8. The molecule has 0 spiro atoms. The van der Waals surface area contributed by atoms with Crippen LogP contribution in [-0.4, -0.2) is 62.1 Å². The molecule has 2 aromatic heterocycles. The van der Waals surface area contributed by atoms with Gasteiger partial charge in [-0.3, -0.25) is 9.59 Å². The fraction of sp³-hybridized carbons (Fsp3) is 0.630. The Labute approximate surface area is 217 Å². The first-order valence-corrected chi connectivity index (χ1v) is 13.7. The van der Waals surface area contributed by atoms with E-state index in [9.17, 15) is 14.7 Å². The highest BCUT2D eigenvalue weighted by molar-refractivity contribution is 7.17. The predicted octanol–water partition coefficient (Wildman–Crippen LogP) is 4.63. The Kier molecular flexibility index (Phi) is 7.44. The van der Waals surface area contributed by atoms with Crippen LogP contribution in [0.1, 0.15) is 92.6 Å². The molecule has 3 heterocycles. The normalized spacial score (nSPS) is 18.8. The molecule has 8 nitrogen and oxygen atoms in total. The third kappa shape index (κ3) is 6.06. The van der Waals surface area contributed by atoms with Gasteiger partial charge in [0.05, 0.1) is 10.5 Å². The Morgan fingerprint density at radius 2 is 1.92 bits per heavy atom. The summed E-state index contributed by atoms with van der Waals surface area (Å²) in [6.45, 7) is 12.5. The molecule has 4 rings (SSSR count). The monoisotopic (exact) mass is 513 g/mol. The smallest absolute Gasteiger partial charge is 0.280 e. The van der Waals surface area contributed by atoms with Gasteiger partial charge >= 0.3 is 0 Å². The van der Waals surface area contributed by atoms with Crippen molar-refractivity contribution in [3.63, 3.8) is 0 Å². The van der Waals surface area contributed by atoms with Crippen LogP contribution in [0.25, 0.3) is 10.4 Å². The summed E-state index contributed by atoms with van der Waals surface area (Å²) in [6, 6.07) is 2.13. The van der Waals surface area contributed by atoms with Crippen LogP contribution in [0.3, 0.4) is 0 Å². The highest BCUT2D eigenvalue weighted by Crippen LogP contribution is 2.41. The van der Waals surface area contributed by atoms with Gasteiger partial charge in [0.1, 0.15) is 11.5 Å². The number of aryl methyl sites for hydroxylation is 1. The van der Waals surface area contributed by atoms with E-state index in [2.05, 4.69) is 41.4 Å². The van der Waals surface area contributed by atoms with Gasteiger partial charge in [0.25, 0.3) is 11.8 Å². The van der Waals surface area contributed by atoms with Crippen molar-refractivity contribution in [2.75, 3.05) is 18.4 Å². The van der Waals surface area contributed by atoms with Gasteiger partial charge in [-0.15, -0.1) is 11.3 Å². The number of thiazole rings is 1. The highest BCUT2D eigenvalue weighted by Gasteiger charge is 2.38. The van der Waals surface area contributed by atoms with E-state index in [1.54, 1.807) is 20.0 Å². The maximum atomic E-state index is 13.7. The SMILES string of the molecule is Cc1cc(NC(C)(C)C2CC2)ncc1-c1sc(C(=O)NCC(C)(C)O)nc1C(=O)N1CCCC[C@@H]1C. The minimum absolute atomic E-state index is 0.0251. The topological polar surface area (TPSA) is 107 Å². The number of carbonyl (C=O) groups is 2. The molecule has 0 bridgehead atoms. The molecule has 2 aromatic rings. The van der Waals surface area contributed by atoms with E-state index in [0.29, 0.717) is 23.0 Å². The van der Waals surface area contributed by atoms with Gasteiger partial charge in [0.15, 0.2) is 5.01 Å². The number of hydrogen-bond acceptors (Lipinski definition) is 7. The Morgan fingerprint density at radius 3 is 2.53 bits per heavy atom. The van der Waals surface area contributed by atoms with E-state index >= 15 is 0 Å². The lowest BCUT2D eigenvalue weighted by atomic mass is 9.98. The lowest BCUT2D eigenvalue weighted by molar-refractivity contribution is 0.0630. The molecule has 1 atom stereocenters. The zero-order chi connectivity index (χ0) is 26.3. The lowest BCUT2D eigenvalue weighted by Crippen LogP contribution is -2.42. The predicted molar refractivity (Wildman–Crippen MR) is 143 cm³/mol.